The van der Waals surface area contributed by atoms with Crippen LogP contribution in [-0.4, -0.2) is 5.91 Å². The Balaban J connectivity index is 2.41. The minimum absolute atomic E-state index is 0.113. The van der Waals surface area contributed by atoms with E-state index < -0.39 is 0 Å². The quantitative estimate of drug-likeness (QED) is 0.798. The van der Waals surface area contributed by atoms with Crippen molar-refractivity contribution in [1.29, 1.82) is 0 Å². The van der Waals surface area contributed by atoms with Gasteiger partial charge < -0.3 is 5.32 Å². The van der Waals surface area contributed by atoms with E-state index in [0.29, 0.717) is 6.54 Å². The second kappa shape index (κ2) is 7.49. The third-order valence-electron chi connectivity index (χ3n) is 2.81. The normalized spacial score (nSPS) is 12.2. The molecule has 2 nitrogen and oxygen atoms in total. The van der Waals surface area contributed by atoms with E-state index in [9.17, 15) is 4.79 Å². The summed E-state index contributed by atoms with van der Waals surface area (Å²) in [5.74, 6) is 0.262. The fraction of sp³-hybridized carbons (Fsp3) is 0.500. The van der Waals surface area contributed by atoms with Gasteiger partial charge in [0.2, 0.25) is 5.91 Å². The van der Waals surface area contributed by atoms with Gasteiger partial charge in [-0.25, -0.2) is 0 Å². The molecule has 1 atom stereocenters. The highest BCUT2D eigenvalue weighted by atomic mass is 79.9. The SMILES string of the molecule is CCCC(C)C(=O)NCc1ccc(CBr)cc1. The van der Waals surface area contributed by atoms with Crippen LogP contribution in [-0.2, 0) is 16.7 Å². The van der Waals surface area contributed by atoms with Crippen LogP contribution in [0.4, 0.5) is 0 Å². The smallest absolute Gasteiger partial charge is 0.223 e. The van der Waals surface area contributed by atoms with Crippen molar-refractivity contribution in [2.45, 2.75) is 38.6 Å². The Labute approximate surface area is 112 Å². The number of carbonyl (C=O) groups is 1. The van der Waals surface area contributed by atoms with Gasteiger partial charge in [0.25, 0.3) is 0 Å². The van der Waals surface area contributed by atoms with Gasteiger partial charge in [0.05, 0.1) is 0 Å². The molecule has 1 unspecified atom stereocenters. The van der Waals surface area contributed by atoms with Crippen molar-refractivity contribution in [2.24, 2.45) is 5.92 Å². The van der Waals surface area contributed by atoms with Gasteiger partial charge in [0.15, 0.2) is 0 Å². The second-order valence-corrected chi connectivity index (χ2v) is 4.92. The molecule has 0 fully saturated rings. The van der Waals surface area contributed by atoms with Crippen LogP contribution < -0.4 is 5.32 Å². The third-order valence-corrected chi connectivity index (χ3v) is 3.46. The average Bonchev–Trinajstić information content (AvgIpc) is 2.36. The van der Waals surface area contributed by atoms with Gasteiger partial charge in [0.1, 0.15) is 0 Å². The van der Waals surface area contributed by atoms with Crippen molar-refractivity contribution in [2.75, 3.05) is 0 Å². The Hall–Kier alpha value is -0.830. The number of alkyl halides is 1. The van der Waals surface area contributed by atoms with Crippen molar-refractivity contribution in [3.05, 3.63) is 35.4 Å². The van der Waals surface area contributed by atoms with E-state index >= 15 is 0 Å². The predicted octanol–water partition coefficient (Wildman–Crippen LogP) is 3.63. The molecule has 1 rings (SSSR count). The molecule has 1 N–H and O–H groups in total. The monoisotopic (exact) mass is 297 g/mol. The maximum Gasteiger partial charge on any atom is 0.223 e. The fourth-order valence-corrected chi connectivity index (χ4v) is 2.05. The third kappa shape index (κ3) is 4.90. The van der Waals surface area contributed by atoms with Gasteiger partial charge >= 0.3 is 0 Å². The lowest BCUT2D eigenvalue weighted by molar-refractivity contribution is -0.124. The van der Waals surface area contributed by atoms with Crippen LogP contribution in [0, 0.1) is 5.92 Å². The minimum atomic E-state index is 0.113. The summed E-state index contributed by atoms with van der Waals surface area (Å²) in [4.78, 5) is 11.7. The van der Waals surface area contributed by atoms with E-state index in [1.807, 2.05) is 6.92 Å². The van der Waals surface area contributed by atoms with Crippen LogP contribution in [0.3, 0.4) is 0 Å². The van der Waals surface area contributed by atoms with E-state index in [1.54, 1.807) is 0 Å². The zero-order valence-electron chi connectivity index (χ0n) is 10.5. The van der Waals surface area contributed by atoms with E-state index in [-0.39, 0.29) is 11.8 Å². The summed E-state index contributed by atoms with van der Waals surface area (Å²) in [5.41, 5.74) is 2.39. The molecule has 0 saturated heterocycles. The van der Waals surface area contributed by atoms with Crippen LogP contribution in [0.5, 0.6) is 0 Å². The molecule has 0 bridgehead atoms. The number of benzene rings is 1. The Kier molecular flexibility index (Phi) is 6.27. The Morgan fingerprint density at radius 2 is 1.88 bits per heavy atom. The number of nitrogens with one attached hydrogen (secondary N) is 1. The molecule has 0 aliphatic heterocycles. The number of carbonyl (C=O) groups excluding carboxylic acids is 1. The molecule has 1 aromatic carbocycles. The number of amides is 1. The first-order valence-electron chi connectivity index (χ1n) is 6.08. The van der Waals surface area contributed by atoms with Crippen LogP contribution in [0.2, 0.25) is 0 Å². The number of hydrogen-bond acceptors (Lipinski definition) is 1. The minimum Gasteiger partial charge on any atom is -0.352 e. The summed E-state index contributed by atoms with van der Waals surface area (Å²) in [7, 11) is 0. The lowest BCUT2D eigenvalue weighted by Crippen LogP contribution is -2.28. The van der Waals surface area contributed by atoms with E-state index in [1.165, 1.54) is 5.56 Å². The second-order valence-electron chi connectivity index (χ2n) is 4.36. The first kappa shape index (κ1) is 14.2. The molecule has 0 aliphatic rings. The molecule has 0 radical (unpaired) electrons. The van der Waals surface area contributed by atoms with Gasteiger partial charge in [-0.2, -0.15) is 0 Å². The molecule has 0 heterocycles. The molecule has 0 aromatic heterocycles. The number of rotatable bonds is 6. The van der Waals surface area contributed by atoms with Crippen LogP contribution in [0.15, 0.2) is 24.3 Å². The summed E-state index contributed by atoms with van der Waals surface area (Å²) in [6.45, 7) is 4.70. The highest BCUT2D eigenvalue weighted by molar-refractivity contribution is 9.08. The van der Waals surface area contributed by atoms with Crippen LogP contribution in [0.25, 0.3) is 0 Å². The van der Waals surface area contributed by atoms with E-state index in [0.717, 1.165) is 23.7 Å². The van der Waals surface area contributed by atoms with Crippen LogP contribution in [0.1, 0.15) is 37.8 Å². The lowest BCUT2D eigenvalue weighted by atomic mass is 10.1. The maximum absolute atomic E-state index is 11.7. The molecule has 0 saturated carbocycles. The molecule has 0 spiro atoms. The number of hydrogen-bond donors (Lipinski definition) is 1. The topological polar surface area (TPSA) is 29.1 Å². The zero-order chi connectivity index (χ0) is 12.7. The first-order valence-corrected chi connectivity index (χ1v) is 7.21. The summed E-state index contributed by atoms with van der Waals surface area (Å²) >= 11 is 3.41. The van der Waals surface area contributed by atoms with Gasteiger partial charge in [-0.3, -0.25) is 4.79 Å². The van der Waals surface area contributed by atoms with Gasteiger partial charge in [-0.1, -0.05) is 60.5 Å². The molecular formula is C14H20BrNO. The maximum atomic E-state index is 11.7. The molecular weight excluding hydrogens is 278 g/mol. The predicted molar refractivity (Wildman–Crippen MR) is 75.0 cm³/mol. The highest BCUT2D eigenvalue weighted by Gasteiger charge is 2.10. The lowest BCUT2D eigenvalue weighted by Gasteiger charge is -2.11. The molecule has 17 heavy (non-hydrogen) atoms. The molecule has 1 amide bonds. The van der Waals surface area contributed by atoms with Crippen molar-refractivity contribution in [1.82, 2.24) is 5.32 Å². The Bertz CT molecular complexity index is 348. The van der Waals surface area contributed by atoms with Crippen molar-refractivity contribution < 1.29 is 4.79 Å². The van der Waals surface area contributed by atoms with Gasteiger partial charge in [-0.15, -0.1) is 0 Å². The van der Waals surface area contributed by atoms with Crippen molar-refractivity contribution in [3.8, 4) is 0 Å². The van der Waals surface area contributed by atoms with Crippen LogP contribution >= 0.6 is 15.9 Å². The van der Waals surface area contributed by atoms with Gasteiger partial charge in [-0.05, 0) is 17.5 Å². The van der Waals surface area contributed by atoms with E-state index in [4.69, 9.17) is 0 Å². The standard InChI is InChI=1S/C14H20BrNO/c1-3-4-11(2)14(17)16-10-13-7-5-12(9-15)6-8-13/h5-8,11H,3-4,9-10H2,1-2H3,(H,16,17). The number of halogens is 1. The largest absolute Gasteiger partial charge is 0.352 e. The van der Waals surface area contributed by atoms with Crippen molar-refractivity contribution >= 4 is 21.8 Å². The van der Waals surface area contributed by atoms with Gasteiger partial charge in [0, 0.05) is 17.8 Å². The molecule has 1 aromatic rings. The summed E-state index contributed by atoms with van der Waals surface area (Å²) in [5, 5.41) is 3.84. The first-order chi connectivity index (χ1) is 8.17. The Morgan fingerprint density at radius 1 is 1.29 bits per heavy atom. The highest BCUT2D eigenvalue weighted by Crippen LogP contribution is 2.09. The average molecular weight is 298 g/mol. The summed E-state index contributed by atoms with van der Waals surface area (Å²) in [6, 6.07) is 8.26. The van der Waals surface area contributed by atoms with Crippen molar-refractivity contribution in [3.63, 3.8) is 0 Å². The fourth-order valence-electron chi connectivity index (χ4n) is 1.67. The molecule has 0 aliphatic carbocycles. The Morgan fingerprint density at radius 3 is 2.41 bits per heavy atom. The summed E-state index contributed by atoms with van der Waals surface area (Å²) in [6.07, 6.45) is 2.00. The molecule has 3 heteroatoms. The summed E-state index contributed by atoms with van der Waals surface area (Å²) < 4.78 is 0. The zero-order valence-corrected chi connectivity index (χ0v) is 12.1. The molecule has 94 valence electrons. The van der Waals surface area contributed by atoms with E-state index in [2.05, 4.69) is 52.4 Å².